The van der Waals surface area contributed by atoms with E-state index in [1.54, 1.807) is 12.1 Å². The molecule has 2 fully saturated rings. The normalized spacial score (nSPS) is 27.2. The van der Waals surface area contributed by atoms with Crippen molar-refractivity contribution >= 4 is 23.3 Å². The first-order valence-electron chi connectivity index (χ1n) is 6.75. The van der Waals surface area contributed by atoms with E-state index >= 15 is 0 Å². The number of fused-ring (bicyclic) bond motifs is 1. The monoisotopic (exact) mass is 278 g/mol. The van der Waals surface area contributed by atoms with Crippen molar-refractivity contribution in [2.75, 3.05) is 6.61 Å². The van der Waals surface area contributed by atoms with Gasteiger partial charge in [-0.3, -0.25) is 0 Å². The summed E-state index contributed by atoms with van der Waals surface area (Å²) in [6, 6.07) is 5.01. The Labute approximate surface area is 115 Å². The first-order valence-corrected chi connectivity index (χ1v) is 7.16. The molecule has 1 aliphatic heterocycles. The van der Waals surface area contributed by atoms with E-state index in [9.17, 15) is 4.39 Å². The SMILES string of the molecule is Fc1ccc2[nH]c(=S)n(C3CCOC3C3CC3)c2c1. The van der Waals surface area contributed by atoms with Crippen LogP contribution in [-0.4, -0.2) is 22.3 Å². The molecule has 2 heterocycles. The Hall–Kier alpha value is -1.20. The lowest BCUT2D eigenvalue weighted by atomic mass is 10.1. The quantitative estimate of drug-likeness (QED) is 0.851. The van der Waals surface area contributed by atoms with Gasteiger partial charge in [-0.25, -0.2) is 4.39 Å². The number of hydrogen-bond acceptors (Lipinski definition) is 2. The minimum Gasteiger partial charge on any atom is -0.376 e. The molecule has 3 nitrogen and oxygen atoms in total. The van der Waals surface area contributed by atoms with E-state index in [1.807, 2.05) is 0 Å². The fourth-order valence-electron chi connectivity index (χ4n) is 3.18. The minimum absolute atomic E-state index is 0.225. The average molecular weight is 278 g/mol. The summed E-state index contributed by atoms with van der Waals surface area (Å²) in [4.78, 5) is 3.17. The predicted octanol–water partition coefficient (Wildman–Crippen LogP) is 3.58. The molecule has 1 saturated heterocycles. The van der Waals surface area contributed by atoms with Crippen molar-refractivity contribution in [1.82, 2.24) is 9.55 Å². The lowest BCUT2D eigenvalue weighted by molar-refractivity contribution is 0.0756. The number of nitrogens with one attached hydrogen (secondary N) is 1. The molecule has 2 unspecified atom stereocenters. The first-order chi connectivity index (χ1) is 9.24. The molecule has 2 aromatic rings. The van der Waals surface area contributed by atoms with Crippen LogP contribution in [0.3, 0.4) is 0 Å². The topological polar surface area (TPSA) is 29.9 Å². The zero-order valence-electron chi connectivity index (χ0n) is 10.4. The molecular formula is C14H15FN2OS. The van der Waals surface area contributed by atoms with E-state index in [0.717, 1.165) is 24.1 Å². The van der Waals surface area contributed by atoms with Gasteiger partial charge in [0.15, 0.2) is 4.77 Å². The number of imidazole rings is 1. The lowest BCUT2D eigenvalue weighted by Crippen LogP contribution is -2.22. The molecule has 1 N–H and O–H groups in total. The molecule has 0 spiro atoms. The zero-order chi connectivity index (χ0) is 13.0. The zero-order valence-corrected chi connectivity index (χ0v) is 11.3. The predicted molar refractivity (Wildman–Crippen MR) is 73.2 cm³/mol. The van der Waals surface area contributed by atoms with Crippen LogP contribution >= 0.6 is 12.2 Å². The Morgan fingerprint density at radius 1 is 1.32 bits per heavy atom. The van der Waals surface area contributed by atoms with Crippen LogP contribution in [0.4, 0.5) is 4.39 Å². The summed E-state index contributed by atoms with van der Waals surface area (Å²) in [5.41, 5.74) is 1.75. The largest absolute Gasteiger partial charge is 0.376 e. The smallest absolute Gasteiger partial charge is 0.178 e. The van der Waals surface area contributed by atoms with Crippen molar-refractivity contribution in [3.8, 4) is 0 Å². The second kappa shape index (κ2) is 4.15. The fraction of sp³-hybridized carbons (Fsp3) is 0.500. The van der Waals surface area contributed by atoms with Crippen molar-refractivity contribution in [1.29, 1.82) is 0 Å². The van der Waals surface area contributed by atoms with Gasteiger partial charge in [0.05, 0.1) is 23.2 Å². The van der Waals surface area contributed by atoms with Gasteiger partial charge in [-0.05, 0) is 55.6 Å². The summed E-state index contributed by atoms with van der Waals surface area (Å²) in [6.45, 7) is 0.773. The average Bonchev–Trinajstić information content (AvgIpc) is 3.03. The summed E-state index contributed by atoms with van der Waals surface area (Å²) in [6.07, 6.45) is 3.68. The number of ether oxygens (including phenoxy) is 1. The summed E-state index contributed by atoms with van der Waals surface area (Å²) >= 11 is 5.42. The number of aromatic nitrogens is 2. The number of aromatic amines is 1. The lowest BCUT2D eigenvalue weighted by Gasteiger charge is -2.20. The number of H-pyrrole nitrogens is 1. The third-order valence-electron chi connectivity index (χ3n) is 4.20. The Morgan fingerprint density at radius 2 is 2.16 bits per heavy atom. The molecule has 1 aliphatic carbocycles. The molecule has 0 amide bonds. The maximum Gasteiger partial charge on any atom is 0.178 e. The Morgan fingerprint density at radius 3 is 2.95 bits per heavy atom. The molecule has 2 aliphatic rings. The summed E-state index contributed by atoms with van der Waals surface area (Å²) < 4.78 is 22.1. The van der Waals surface area contributed by atoms with Crippen LogP contribution in [0.25, 0.3) is 11.0 Å². The molecule has 19 heavy (non-hydrogen) atoms. The van der Waals surface area contributed by atoms with Gasteiger partial charge < -0.3 is 14.3 Å². The highest BCUT2D eigenvalue weighted by atomic mass is 32.1. The molecule has 5 heteroatoms. The van der Waals surface area contributed by atoms with Crippen molar-refractivity contribution in [2.24, 2.45) is 5.92 Å². The van der Waals surface area contributed by atoms with E-state index in [-0.39, 0.29) is 18.0 Å². The van der Waals surface area contributed by atoms with Crippen LogP contribution in [0.15, 0.2) is 18.2 Å². The Balaban J connectivity index is 1.87. The molecule has 1 aromatic heterocycles. The molecule has 0 bridgehead atoms. The van der Waals surface area contributed by atoms with E-state index in [4.69, 9.17) is 17.0 Å². The fourth-order valence-corrected chi connectivity index (χ4v) is 3.52. The molecule has 1 aromatic carbocycles. The van der Waals surface area contributed by atoms with Crippen molar-refractivity contribution in [2.45, 2.75) is 31.4 Å². The van der Waals surface area contributed by atoms with Crippen LogP contribution in [-0.2, 0) is 4.74 Å². The van der Waals surface area contributed by atoms with E-state index < -0.39 is 0 Å². The van der Waals surface area contributed by atoms with E-state index in [1.165, 1.54) is 18.9 Å². The Kier molecular flexibility index (Phi) is 2.53. The maximum absolute atomic E-state index is 13.5. The number of rotatable bonds is 2. The summed E-state index contributed by atoms with van der Waals surface area (Å²) in [5, 5.41) is 0. The van der Waals surface area contributed by atoms with Gasteiger partial charge in [0.25, 0.3) is 0 Å². The van der Waals surface area contributed by atoms with E-state index in [0.29, 0.717) is 10.7 Å². The number of hydrogen-bond donors (Lipinski definition) is 1. The van der Waals surface area contributed by atoms with E-state index in [2.05, 4.69) is 9.55 Å². The molecule has 2 atom stereocenters. The van der Waals surface area contributed by atoms with Crippen LogP contribution in [0.5, 0.6) is 0 Å². The first kappa shape index (κ1) is 11.6. The number of benzene rings is 1. The van der Waals surface area contributed by atoms with Gasteiger partial charge in [0.2, 0.25) is 0 Å². The van der Waals surface area contributed by atoms with Crippen molar-refractivity contribution in [3.63, 3.8) is 0 Å². The van der Waals surface area contributed by atoms with Crippen molar-refractivity contribution in [3.05, 3.63) is 28.8 Å². The molecule has 100 valence electrons. The van der Waals surface area contributed by atoms with Gasteiger partial charge in [0.1, 0.15) is 5.82 Å². The number of nitrogens with zero attached hydrogens (tertiary/aromatic N) is 1. The molecule has 1 saturated carbocycles. The Bertz CT molecular complexity index is 688. The van der Waals surface area contributed by atoms with Gasteiger partial charge in [0, 0.05) is 6.61 Å². The maximum atomic E-state index is 13.5. The van der Waals surface area contributed by atoms with Gasteiger partial charge in [-0.15, -0.1) is 0 Å². The minimum atomic E-state index is -0.225. The standard InChI is InChI=1S/C14H15FN2OS/c15-9-3-4-10-12(7-9)17(14(19)16-10)11-5-6-18-13(11)8-1-2-8/h3-4,7-8,11,13H,1-2,5-6H2,(H,16,19). The third-order valence-corrected chi connectivity index (χ3v) is 4.50. The van der Waals surface area contributed by atoms with Gasteiger partial charge >= 0.3 is 0 Å². The highest BCUT2D eigenvalue weighted by Gasteiger charge is 2.42. The second-order valence-corrected chi connectivity index (χ2v) is 5.88. The molecule has 0 radical (unpaired) electrons. The third kappa shape index (κ3) is 1.83. The van der Waals surface area contributed by atoms with Crippen LogP contribution in [0, 0.1) is 16.5 Å². The van der Waals surface area contributed by atoms with Crippen LogP contribution in [0.1, 0.15) is 25.3 Å². The summed E-state index contributed by atoms with van der Waals surface area (Å²) in [5.74, 6) is 0.435. The highest BCUT2D eigenvalue weighted by Crippen LogP contribution is 2.44. The van der Waals surface area contributed by atoms with Crippen LogP contribution in [0.2, 0.25) is 0 Å². The summed E-state index contributed by atoms with van der Waals surface area (Å²) in [7, 11) is 0. The highest BCUT2D eigenvalue weighted by molar-refractivity contribution is 7.71. The van der Waals surface area contributed by atoms with Gasteiger partial charge in [-0.1, -0.05) is 0 Å². The second-order valence-electron chi connectivity index (χ2n) is 5.49. The van der Waals surface area contributed by atoms with Gasteiger partial charge in [-0.2, -0.15) is 0 Å². The molecular weight excluding hydrogens is 263 g/mol. The molecule has 4 rings (SSSR count). The number of halogens is 1. The van der Waals surface area contributed by atoms with Crippen LogP contribution < -0.4 is 0 Å². The van der Waals surface area contributed by atoms with Crippen molar-refractivity contribution < 1.29 is 9.13 Å².